The third-order valence-corrected chi connectivity index (χ3v) is 1.97. The lowest BCUT2D eigenvalue weighted by atomic mass is 10.7. The average Bonchev–Trinajstić information content (AvgIpc) is 2.81. The summed E-state index contributed by atoms with van der Waals surface area (Å²) < 4.78 is 1.73. The quantitative estimate of drug-likeness (QED) is 0.793. The number of hydrogen-bond acceptors (Lipinski definition) is 6. The van der Waals surface area contributed by atoms with Crippen LogP contribution in [0.3, 0.4) is 0 Å². The summed E-state index contributed by atoms with van der Waals surface area (Å²) in [5.74, 6) is 1.67. The summed E-state index contributed by atoms with van der Waals surface area (Å²) in [6.07, 6.45) is 5.11. The Hall–Kier alpha value is -2.18. The SMILES string of the molecule is CNc1nc(N(C)C)nc(-n2ccnc2)n1. The van der Waals surface area contributed by atoms with Crippen molar-refractivity contribution in [1.82, 2.24) is 24.5 Å². The molecule has 0 amide bonds. The van der Waals surface area contributed by atoms with Crippen molar-refractivity contribution in [3.63, 3.8) is 0 Å². The molecule has 16 heavy (non-hydrogen) atoms. The smallest absolute Gasteiger partial charge is 0.241 e. The van der Waals surface area contributed by atoms with E-state index in [9.17, 15) is 0 Å². The van der Waals surface area contributed by atoms with Gasteiger partial charge in [-0.15, -0.1) is 0 Å². The molecule has 0 fully saturated rings. The van der Waals surface area contributed by atoms with E-state index in [0.717, 1.165) is 0 Å². The van der Waals surface area contributed by atoms with Crippen molar-refractivity contribution in [3.8, 4) is 5.95 Å². The molecule has 2 aromatic rings. The molecule has 0 aliphatic rings. The van der Waals surface area contributed by atoms with Gasteiger partial charge in [0.1, 0.15) is 6.33 Å². The molecule has 0 saturated heterocycles. The minimum absolute atomic E-state index is 0.530. The van der Waals surface area contributed by atoms with Crippen LogP contribution in [-0.4, -0.2) is 45.6 Å². The summed E-state index contributed by atoms with van der Waals surface area (Å²) in [5, 5.41) is 2.90. The predicted molar refractivity (Wildman–Crippen MR) is 60.8 cm³/mol. The maximum absolute atomic E-state index is 4.31. The van der Waals surface area contributed by atoms with Gasteiger partial charge in [0.15, 0.2) is 0 Å². The van der Waals surface area contributed by atoms with Crippen LogP contribution in [0.5, 0.6) is 0 Å². The third kappa shape index (κ3) is 1.92. The summed E-state index contributed by atoms with van der Waals surface area (Å²) in [5.41, 5.74) is 0. The lowest BCUT2D eigenvalue weighted by molar-refractivity contribution is 0.873. The number of nitrogens with one attached hydrogen (secondary N) is 1. The number of imidazole rings is 1. The van der Waals surface area contributed by atoms with E-state index in [1.54, 1.807) is 30.3 Å². The van der Waals surface area contributed by atoms with E-state index in [1.807, 2.05) is 19.0 Å². The fourth-order valence-electron chi connectivity index (χ4n) is 1.16. The van der Waals surface area contributed by atoms with Gasteiger partial charge in [-0.3, -0.25) is 4.57 Å². The Morgan fingerprint density at radius 3 is 2.62 bits per heavy atom. The van der Waals surface area contributed by atoms with Crippen molar-refractivity contribution in [2.45, 2.75) is 0 Å². The first-order valence-electron chi connectivity index (χ1n) is 4.80. The van der Waals surface area contributed by atoms with Gasteiger partial charge in [0.2, 0.25) is 17.8 Å². The zero-order chi connectivity index (χ0) is 11.5. The predicted octanol–water partition coefficient (Wildman–Crippen LogP) is 0.165. The van der Waals surface area contributed by atoms with Crippen molar-refractivity contribution in [2.24, 2.45) is 0 Å². The highest BCUT2D eigenvalue weighted by Crippen LogP contribution is 2.10. The molecule has 2 aromatic heterocycles. The molecular formula is C9H13N7. The van der Waals surface area contributed by atoms with Crippen LogP contribution >= 0.6 is 0 Å². The molecule has 0 atom stereocenters. The van der Waals surface area contributed by atoms with Crippen molar-refractivity contribution >= 4 is 11.9 Å². The summed E-state index contributed by atoms with van der Waals surface area (Å²) in [6.45, 7) is 0. The molecule has 1 N–H and O–H groups in total. The van der Waals surface area contributed by atoms with E-state index in [0.29, 0.717) is 17.8 Å². The van der Waals surface area contributed by atoms with Crippen molar-refractivity contribution in [2.75, 3.05) is 31.4 Å². The standard InChI is InChI=1S/C9H13N7/c1-10-7-12-8(15(2)3)14-9(13-7)16-5-4-11-6-16/h4-6H,1-3H3,(H,10,12,13,14). The average molecular weight is 219 g/mol. The fourth-order valence-corrected chi connectivity index (χ4v) is 1.16. The zero-order valence-corrected chi connectivity index (χ0v) is 9.42. The molecule has 0 aliphatic carbocycles. The Balaban J connectivity index is 2.49. The van der Waals surface area contributed by atoms with E-state index in [1.165, 1.54) is 0 Å². The largest absolute Gasteiger partial charge is 0.357 e. The highest BCUT2D eigenvalue weighted by molar-refractivity contribution is 5.38. The van der Waals surface area contributed by atoms with E-state index < -0.39 is 0 Å². The molecule has 2 heterocycles. The lowest BCUT2D eigenvalue weighted by Crippen LogP contribution is -2.16. The van der Waals surface area contributed by atoms with E-state index in [4.69, 9.17) is 0 Å². The maximum atomic E-state index is 4.31. The highest BCUT2D eigenvalue weighted by Gasteiger charge is 2.07. The van der Waals surface area contributed by atoms with Crippen molar-refractivity contribution < 1.29 is 0 Å². The first-order valence-corrected chi connectivity index (χ1v) is 4.80. The topological polar surface area (TPSA) is 71.8 Å². The van der Waals surface area contributed by atoms with Gasteiger partial charge in [-0.05, 0) is 0 Å². The molecule has 0 saturated carbocycles. The first-order chi connectivity index (χ1) is 7.70. The molecule has 0 bridgehead atoms. The molecule has 84 valence electrons. The Kier molecular flexibility index (Phi) is 2.67. The van der Waals surface area contributed by atoms with E-state index >= 15 is 0 Å². The van der Waals surface area contributed by atoms with Crippen molar-refractivity contribution in [3.05, 3.63) is 18.7 Å². The number of anilines is 2. The minimum Gasteiger partial charge on any atom is -0.357 e. The van der Waals surface area contributed by atoms with Crippen LogP contribution in [0.15, 0.2) is 18.7 Å². The molecule has 7 heteroatoms. The van der Waals surface area contributed by atoms with Gasteiger partial charge in [-0.1, -0.05) is 0 Å². The Morgan fingerprint density at radius 2 is 2.06 bits per heavy atom. The van der Waals surface area contributed by atoms with Gasteiger partial charge in [0, 0.05) is 33.5 Å². The molecule has 0 radical (unpaired) electrons. The van der Waals surface area contributed by atoms with E-state index in [2.05, 4.69) is 25.3 Å². The van der Waals surface area contributed by atoms with Gasteiger partial charge >= 0.3 is 0 Å². The van der Waals surface area contributed by atoms with Crippen molar-refractivity contribution in [1.29, 1.82) is 0 Å². The molecule has 7 nitrogen and oxygen atoms in total. The highest BCUT2D eigenvalue weighted by atomic mass is 15.3. The van der Waals surface area contributed by atoms with Crippen LogP contribution in [0, 0.1) is 0 Å². The second-order valence-corrected chi connectivity index (χ2v) is 3.37. The summed E-state index contributed by atoms with van der Waals surface area (Å²) in [4.78, 5) is 18.5. The molecule has 0 unspecified atom stereocenters. The molecule has 0 spiro atoms. The first kappa shape index (κ1) is 10.3. The molecular weight excluding hydrogens is 206 g/mol. The van der Waals surface area contributed by atoms with Gasteiger partial charge in [-0.25, -0.2) is 4.98 Å². The zero-order valence-electron chi connectivity index (χ0n) is 9.42. The van der Waals surface area contributed by atoms with Crippen LogP contribution in [0.2, 0.25) is 0 Å². The summed E-state index contributed by atoms with van der Waals surface area (Å²) >= 11 is 0. The Bertz CT molecular complexity index is 463. The summed E-state index contributed by atoms with van der Waals surface area (Å²) in [6, 6.07) is 0. The fraction of sp³-hybridized carbons (Fsp3) is 0.333. The lowest BCUT2D eigenvalue weighted by Gasteiger charge is -2.12. The molecule has 2 rings (SSSR count). The van der Waals surface area contributed by atoms with Crippen LogP contribution in [0.1, 0.15) is 0 Å². The summed E-state index contributed by atoms with van der Waals surface area (Å²) in [7, 11) is 5.53. The number of rotatable bonds is 3. The van der Waals surface area contributed by atoms with Crippen LogP contribution in [0.25, 0.3) is 5.95 Å². The maximum Gasteiger partial charge on any atom is 0.241 e. The van der Waals surface area contributed by atoms with Crippen LogP contribution in [-0.2, 0) is 0 Å². The third-order valence-electron chi connectivity index (χ3n) is 1.97. The second-order valence-electron chi connectivity index (χ2n) is 3.37. The Labute approximate surface area is 93.2 Å². The molecule has 0 aromatic carbocycles. The van der Waals surface area contributed by atoms with E-state index in [-0.39, 0.29) is 0 Å². The monoisotopic (exact) mass is 219 g/mol. The van der Waals surface area contributed by atoms with Crippen LogP contribution < -0.4 is 10.2 Å². The Morgan fingerprint density at radius 1 is 1.25 bits per heavy atom. The minimum atomic E-state index is 0.530. The van der Waals surface area contributed by atoms with Gasteiger partial charge < -0.3 is 10.2 Å². The second kappa shape index (κ2) is 4.13. The number of aromatic nitrogens is 5. The normalized spacial score (nSPS) is 10.2. The van der Waals surface area contributed by atoms with Gasteiger partial charge in [0.05, 0.1) is 0 Å². The van der Waals surface area contributed by atoms with Gasteiger partial charge in [-0.2, -0.15) is 15.0 Å². The van der Waals surface area contributed by atoms with Gasteiger partial charge in [0.25, 0.3) is 0 Å². The number of nitrogens with zero attached hydrogens (tertiary/aromatic N) is 6. The van der Waals surface area contributed by atoms with Crippen LogP contribution in [0.4, 0.5) is 11.9 Å². The number of hydrogen-bond donors (Lipinski definition) is 1. The molecule has 0 aliphatic heterocycles.